The molecule has 0 atom stereocenters. The van der Waals surface area contributed by atoms with E-state index in [2.05, 4.69) is 0 Å². The van der Waals surface area contributed by atoms with E-state index in [1.165, 1.54) is 10.4 Å². The van der Waals surface area contributed by atoms with Gasteiger partial charge in [0, 0.05) is 13.6 Å². The van der Waals surface area contributed by atoms with E-state index in [0.29, 0.717) is 12.1 Å². The van der Waals surface area contributed by atoms with Gasteiger partial charge in [0.2, 0.25) is 0 Å². The van der Waals surface area contributed by atoms with E-state index in [9.17, 15) is 8.42 Å². The predicted molar refractivity (Wildman–Crippen MR) is 73.2 cm³/mol. The highest BCUT2D eigenvalue weighted by molar-refractivity contribution is 7.91. The molecule has 2 aromatic rings. The summed E-state index contributed by atoms with van der Waals surface area (Å²) in [6.07, 6.45) is 0. The van der Waals surface area contributed by atoms with E-state index in [1.807, 2.05) is 16.8 Å². The topological polar surface area (TPSA) is 57.6 Å². The molecule has 0 aromatic carbocycles. The van der Waals surface area contributed by atoms with Crippen LogP contribution in [-0.2, 0) is 23.2 Å². The molecule has 1 N–H and O–H groups in total. The van der Waals surface area contributed by atoms with Crippen molar-refractivity contribution in [3.8, 4) is 0 Å². The van der Waals surface area contributed by atoms with Crippen molar-refractivity contribution in [2.24, 2.45) is 0 Å². The van der Waals surface area contributed by atoms with E-state index < -0.39 is 10.0 Å². The summed E-state index contributed by atoms with van der Waals surface area (Å²) in [4.78, 5) is 0. The smallest absolute Gasteiger partial charge is 0.252 e. The van der Waals surface area contributed by atoms with Crippen LogP contribution in [0.2, 0.25) is 0 Å². The van der Waals surface area contributed by atoms with Gasteiger partial charge in [-0.15, -0.1) is 11.3 Å². The van der Waals surface area contributed by atoms with Crippen LogP contribution in [0.25, 0.3) is 0 Å². The lowest BCUT2D eigenvalue weighted by Gasteiger charge is -2.14. The van der Waals surface area contributed by atoms with Gasteiger partial charge in [0.1, 0.15) is 4.21 Å². The van der Waals surface area contributed by atoms with Crippen molar-refractivity contribution in [1.29, 1.82) is 0 Å². The highest BCUT2D eigenvalue weighted by atomic mass is 32.2. The molecule has 2 aromatic heterocycles. The van der Waals surface area contributed by atoms with Crippen LogP contribution < -0.4 is 0 Å². The first kappa shape index (κ1) is 13.7. The van der Waals surface area contributed by atoms with Gasteiger partial charge in [0.15, 0.2) is 0 Å². The molecule has 0 saturated carbocycles. The first-order valence-corrected chi connectivity index (χ1v) is 8.46. The summed E-state index contributed by atoms with van der Waals surface area (Å²) < 4.78 is 26.1. The fraction of sp³-hybridized carbons (Fsp3) is 0.273. The van der Waals surface area contributed by atoms with Gasteiger partial charge in [-0.1, -0.05) is 0 Å². The zero-order valence-electron chi connectivity index (χ0n) is 9.74. The van der Waals surface area contributed by atoms with E-state index >= 15 is 0 Å². The number of aliphatic hydroxyl groups excluding tert-OH is 1. The summed E-state index contributed by atoms with van der Waals surface area (Å²) in [7, 11) is -1.90. The zero-order chi connectivity index (χ0) is 13.2. The molecule has 0 fully saturated rings. The average Bonchev–Trinajstić information content (AvgIpc) is 2.99. The minimum Gasteiger partial charge on any atom is -0.392 e. The molecular weight excluding hydrogens is 290 g/mol. The lowest BCUT2D eigenvalue weighted by Crippen LogP contribution is -2.25. The normalized spacial score (nSPS) is 12.2. The Hall–Kier alpha value is -0.730. The molecule has 18 heavy (non-hydrogen) atoms. The van der Waals surface area contributed by atoms with Crippen molar-refractivity contribution < 1.29 is 13.5 Å². The number of nitrogens with zero attached hydrogens (tertiary/aromatic N) is 1. The monoisotopic (exact) mass is 303 g/mol. The van der Waals surface area contributed by atoms with E-state index in [4.69, 9.17) is 5.11 Å². The Labute approximate surface area is 114 Å². The predicted octanol–water partition coefficient (Wildman–Crippen LogP) is 2.12. The summed E-state index contributed by atoms with van der Waals surface area (Å²) in [5.41, 5.74) is 1.60. The van der Waals surface area contributed by atoms with Gasteiger partial charge in [-0.2, -0.15) is 15.6 Å². The molecule has 0 spiro atoms. The number of aliphatic hydroxyl groups is 1. The van der Waals surface area contributed by atoms with Crippen molar-refractivity contribution in [2.45, 2.75) is 17.4 Å². The van der Waals surface area contributed by atoms with Gasteiger partial charge in [0.05, 0.1) is 6.61 Å². The molecule has 0 aliphatic rings. The van der Waals surface area contributed by atoms with Crippen LogP contribution in [0.15, 0.2) is 32.5 Å². The lowest BCUT2D eigenvalue weighted by molar-refractivity contribution is 0.282. The third kappa shape index (κ3) is 2.81. The number of hydrogen-bond donors (Lipinski definition) is 1. The maximum Gasteiger partial charge on any atom is 0.252 e. The molecule has 0 unspecified atom stereocenters. The van der Waals surface area contributed by atoms with Crippen LogP contribution >= 0.6 is 22.7 Å². The second-order valence-corrected chi connectivity index (χ2v) is 7.79. The molecule has 4 nitrogen and oxygen atoms in total. The Balaban J connectivity index is 2.19. The minimum absolute atomic E-state index is 0.139. The number of sulfonamides is 1. The SMILES string of the molecule is CN(Cc1ccsc1)S(=O)(=O)c1cc(CO)cs1. The van der Waals surface area contributed by atoms with Crippen molar-refractivity contribution in [1.82, 2.24) is 4.31 Å². The third-order valence-electron chi connectivity index (χ3n) is 2.46. The first-order valence-electron chi connectivity index (χ1n) is 5.19. The molecule has 0 bridgehead atoms. The number of hydrogen-bond acceptors (Lipinski definition) is 5. The first-order chi connectivity index (χ1) is 8.54. The molecule has 2 heterocycles. The van der Waals surface area contributed by atoms with Gasteiger partial charge < -0.3 is 5.11 Å². The Bertz CT molecular complexity index is 601. The van der Waals surface area contributed by atoms with Crippen molar-refractivity contribution in [2.75, 3.05) is 7.05 Å². The average molecular weight is 303 g/mol. The van der Waals surface area contributed by atoms with Crippen molar-refractivity contribution in [3.63, 3.8) is 0 Å². The Morgan fingerprint density at radius 2 is 2.11 bits per heavy atom. The second kappa shape index (κ2) is 5.50. The van der Waals surface area contributed by atoms with Crippen molar-refractivity contribution in [3.05, 3.63) is 39.4 Å². The molecular formula is C11H13NO3S3. The van der Waals surface area contributed by atoms with Crippen LogP contribution in [0.5, 0.6) is 0 Å². The summed E-state index contributed by atoms with van der Waals surface area (Å²) in [5.74, 6) is 0. The largest absolute Gasteiger partial charge is 0.392 e. The fourth-order valence-corrected chi connectivity index (χ4v) is 4.68. The highest BCUT2D eigenvalue weighted by Crippen LogP contribution is 2.24. The molecule has 0 aliphatic heterocycles. The van der Waals surface area contributed by atoms with Gasteiger partial charge in [-0.3, -0.25) is 0 Å². The molecule has 0 radical (unpaired) electrons. The number of rotatable bonds is 5. The van der Waals surface area contributed by atoms with Crippen molar-refractivity contribution >= 4 is 32.7 Å². The van der Waals surface area contributed by atoms with Crippen LogP contribution in [0.4, 0.5) is 0 Å². The Morgan fingerprint density at radius 1 is 1.33 bits per heavy atom. The maximum atomic E-state index is 12.2. The van der Waals surface area contributed by atoms with E-state index in [1.54, 1.807) is 23.8 Å². The number of thiophene rings is 2. The van der Waals surface area contributed by atoms with E-state index in [0.717, 1.165) is 16.9 Å². The van der Waals surface area contributed by atoms with Crippen LogP contribution in [-0.4, -0.2) is 24.9 Å². The third-order valence-corrected chi connectivity index (χ3v) is 6.46. The Morgan fingerprint density at radius 3 is 2.67 bits per heavy atom. The molecule has 2 rings (SSSR count). The molecule has 7 heteroatoms. The van der Waals surface area contributed by atoms with Gasteiger partial charge in [0.25, 0.3) is 10.0 Å². The fourth-order valence-electron chi connectivity index (χ4n) is 1.45. The van der Waals surface area contributed by atoms with Gasteiger partial charge in [-0.05, 0) is 39.4 Å². The van der Waals surface area contributed by atoms with E-state index in [-0.39, 0.29) is 10.8 Å². The zero-order valence-corrected chi connectivity index (χ0v) is 12.2. The van der Waals surface area contributed by atoms with Crippen LogP contribution in [0.3, 0.4) is 0 Å². The minimum atomic E-state index is -3.46. The molecule has 0 saturated heterocycles. The Kier molecular flexibility index (Phi) is 4.18. The van der Waals surface area contributed by atoms with Gasteiger partial charge in [-0.25, -0.2) is 8.42 Å². The van der Waals surface area contributed by atoms with Crippen LogP contribution in [0.1, 0.15) is 11.1 Å². The molecule has 98 valence electrons. The highest BCUT2D eigenvalue weighted by Gasteiger charge is 2.22. The quantitative estimate of drug-likeness (QED) is 0.920. The molecule has 0 aliphatic carbocycles. The summed E-state index contributed by atoms with van der Waals surface area (Å²) in [6.45, 7) is 0.221. The summed E-state index contributed by atoms with van der Waals surface area (Å²) in [5, 5.41) is 14.5. The van der Waals surface area contributed by atoms with Crippen LogP contribution in [0, 0.1) is 0 Å². The summed E-state index contributed by atoms with van der Waals surface area (Å²) >= 11 is 2.68. The summed E-state index contributed by atoms with van der Waals surface area (Å²) in [6, 6.07) is 3.42. The molecule has 0 amide bonds. The second-order valence-electron chi connectivity index (χ2n) is 3.82. The maximum absolute atomic E-state index is 12.2. The lowest BCUT2D eigenvalue weighted by atomic mass is 10.3. The standard InChI is InChI=1S/C11H13NO3S3/c1-12(5-9-2-3-16-7-9)18(14,15)11-4-10(6-13)8-17-11/h2-4,7-8,13H,5-6H2,1H3. The van der Waals surface area contributed by atoms with Gasteiger partial charge >= 0.3 is 0 Å².